The number of carbonyl (C=O) groups is 1. The van der Waals surface area contributed by atoms with Crippen molar-refractivity contribution in [3.63, 3.8) is 0 Å². The third-order valence-corrected chi connectivity index (χ3v) is 3.90. The molecule has 0 heterocycles. The fourth-order valence-corrected chi connectivity index (χ4v) is 2.43. The smallest absolute Gasteiger partial charge is 0.319 e. The van der Waals surface area contributed by atoms with Crippen molar-refractivity contribution in [1.29, 1.82) is 0 Å². The molecule has 0 saturated heterocycles. The summed E-state index contributed by atoms with van der Waals surface area (Å²) in [5, 5.41) is -0.110. The van der Waals surface area contributed by atoms with Crippen molar-refractivity contribution in [2.45, 2.75) is 30.4 Å². The van der Waals surface area contributed by atoms with Gasteiger partial charge in [-0.3, -0.25) is 4.79 Å². The predicted molar refractivity (Wildman–Crippen MR) is 70.7 cm³/mol. The zero-order valence-corrected chi connectivity index (χ0v) is 11.8. The maximum absolute atomic E-state index is 11.6. The number of rotatable bonds is 5. The largest absolute Gasteiger partial charge is 0.465 e. The van der Waals surface area contributed by atoms with Gasteiger partial charge in [0.2, 0.25) is 0 Å². The molecule has 0 aromatic heterocycles. The van der Waals surface area contributed by atoms with Gasteiger partial charge in [-0.2, -0.15) is 0 Å². The van der Waals surface area contributed by atoms with Gasteiger partial charge in [-0.15, -0.1) is 11.8 Å². The van der Waals surface area contributed by atoms with Crippen molar-refractivity contribution in [2.24, 2.45) is 0 Å². The van der Waals surface area contributed by atoms with Gasteiger partial charge in [0.1, 0.15) is 5.25 Å². The van der Waals surface area contributed by atoms with Gasteiger partial charge in [-0.05, 0) is 37.6 Å². The van der Waals surface area contributed by atoms with E-state index in [9.17, 15) is 4.79 Å². The molecule has 0 amide bonds. The molecule has 0 radical (unpaired) electrons. The summed E-state index contributed by atoms with van der Waals surface area (Å²) in [6.07, 6.45) is 0.777. The molecular weight excluding hydrogens is 288 g/mol. The molecule has 16 heavy (non-hydrogen) atoms. The SMILES string of the molecule is CCOC(=O)C(CC)Sc1ccc(Br)cc1. The van der Waals surface area contributed by atoms with Crippen molar-refractivity contribution in [1.82, 2.24) is 0 Å². The molecule has 0 aliphatic carbocycles. The van der Waals surface area contributed by atoms with Crippen molar-refractivity contribution in [3.8, 4) is 0 Å². The van der Waals surface area contributed by atoms with Crippen LogP contribution in [0.4, 0.5) is 0 Å². The van der Waals surface area contributed by atoms with Crippen LogP contribution in [-0.2, 0) is 9.53 Å². The third-order valence-electron chi connectivity index (χ3n) is 2.01. The molecule has 0 bridgehead atoms. The van der Waals surface area contributed by atoms with Crippen molar-refractivity contribution >= 4 is 33.7 Å². The molecular formula is C12H15BrO2S. The Bertz CT molecular complexity index is 337. The molecule has 1 rings (SSSR count). The van der Waals surface area contributed by atoms with Crippen LogP contribution in [0.3, 0.4) is 0 Å². The number of thioether (sulfide) groups is 1. The molecule has 1 unspecified atom stereocenters. The van der Waals surface area contributed by atoms with Crippen LogP contribution >= 0.6 is 27.7 Å². The van der Waals surface area contributed by atoms with Crippen LogP contribution < -0.4 is 0 Å². The van der Waals surface area contributed by atoms with E-state index in [0.717, 1.165) is 15.8 Å². The van der Waals surface area contributed by atoms with E-state index in [0.29, 0.717) is 6.61 Å². The lowest BCUT2D eigenvalue weighted by atomic mass is 10.3. The summed E-state index contributed by atoms with van der Waals surface area (Å²) in [6.45, 7) is 4.26. The highest BCUT2D eigenvalue weighted by Gasteiger charge is 2.18. The first-order chi connectivity index (χ1) is 7.67. The van der Waals surface area contributed by atoms with Crippen LogP contribution in [0.2, 0.25) is 0 Å². The Kier molecular flexibility index (Phi) is 5.91. The number of halogens is 1. The number of esters is 1. The van der Waals surface area contributed by atoms with Crippen molar-refractivity contribution < 1.29 is 9.53 Å². The van der Waals surface area contributed by atoms with Crippen LogP contribution in [0.15, 0.2) is 33.6 Å². The Labute approximate surface area is 109 Å². The lowest BCUT2D eigenvalue weighted by Crippen LogP contribution is -2.19. The molecule has 1 atom stereocenters. The Morgan fingerprint density at radius 2 is 2.00 bits per heavy atom. The molecule has 0 N–H and O–H groups in total. The minimum absolute atomic E-state index is 0.110. The van der Waals surface area contributed by atoms with E-state index in [1.54, 1.807) is 11.8 Å². The fourth-order valence-electron chi connectivity index (χ4n) is 1.21. The Hall–Kier alpha value is -0.480. The number of benzene rings is 1. The van der Waals surface area contributed by atoms with Gasteiger partial charge in [-0.1, -0.05) is 22.9 Å². The minimum Gasteiger partial charge on any atom is -0.465 e. The topological polar surface area (TPSA) is 26.3 Å². The maximum Gasteiger partial charge on any atom is 0.319 e. The highest BCUT2D eigenvalue weighted by Crippen LogP contribution is 2.27. The standard InChI is InChI=1S/C12H15BrO2S/c1-3-11(12(14)15-4-2)16-10-7-5-9(13)6-8-10/h5-8,11H,3-4H2,1-2H3. The zero-order chi connectivity index (χ0) is 12.0. The van der Waals surface area contributed by atoms with E-state index in [1.165, 1.54) is 0 Å². The summed E-state index contributed by atoms with van der Waals surface area (Å²) < 4.78 is 6.06. The average molecular weight is 303 g/mol. The molecule has 0 aliphatic heterocycles. The second-order valence-corrected chi connectivity index (χ2v) is 5.41. The number of hydrogen-bond donors (Lipinski definition) is 0. The summed E-state index contributed by atoms with van der Waals surface area (Å²) in [7, 11) is 0. The summed E-state index contributed by atoms with van der Waals surface area (Å²) in [4.78, 5) is 12.7. The highest BCUT2D eigenvalue weighted by molar-refractivity contribution is 9.10. The van der Waals surface area contributed by atoms with E-state index in [2.05, 4.69) is 15.9 Å². The first-order valence-electron chi connectivity index (χ1n) is 5.26. The van der Waals surface area contributed by atoms with Crippen LogP contribution in [-0.4, -0.2) is 17.8 Å². The summed E-state index contributed by atoms with van der Waals surface area (Å²) in [6, 6.07) is 7.94. The third kappa shape index (κ3) is 4.18. The Morgan fingerprint density at radius 3 is 2.50 bits per heavy atom. The number of carbonyl (C=O) groups excluding carboxylic acids is 1. The molecule has 88 valence electrons. The van der Waals surface area contributed by atoms with Gasteiger partial charge < -0.3 is 4.74 Å². The van der Waals surface area contributed by atoms with E-state index < -0.39 is 0 Å². The van der Waals surface area contributed by atoms with Gasteiger partial charge in [0.05, 0.1) is 6.61 Å². The lowest BCUT2D eigenvalue weighted by Gasteiger charge is -2.12. The molecule has 4 heteroatoms. The van der Waals surface area contributed by atoms with Crippen LogP contribution in [0, 0.1) is 0 Å². The van der Waals surface area contributed by atoms with E-state index >= 15 is 0 Å². The van der Waals surface area contributed by atoms with Crippen LogP contribution in [0.1, 0.15) is 20.3 Å². The normalized spacial score (nSPS) is 12.2. The minimum atomic E-state index is -0.127. The number of hydrogen-bond acceptors (Lipinski definition) is 3. The van der Waals surface area contributed by atoms with Crippen LogP contribution in [0.25, 0.3) is 0 Å². The summed E-state index contributed by atoms with van der Waals surface area (Å²) in [5.41, 5.74) is 0. The van der Waals surface area contributed by atoms with Crippen molar-refractivity contribution in [2.75, 3.05) is 6.61 Å². The van der Waals surface area contributed by atoms with Crippen molar-refractivity contribution in [3.05, 3.63) is 28.7 Å². The summed E-state index contributed by atoms with van der Waals surface area (Å²) in [5.74, 6) is -0.127. The lowest BCUT2D eigenvalue weighted by molar-refractivity contribution is -0.142. The van der Waals surface area contributed by atoms with Gasteiger partial charge in [0.25, 0.3) is 0 Å². The molecule has 0 saturated carbocycles. The van der Waals surface area contributed by atoms with Gasteiger partial charge in [-0.25, -0.2) is 0 Å². The van der Waals surface area contributed by atoms with Gasteiger partial charge in [0.15, 0.2) is 0 Å². The molecule has 1 aromatic rings. The molecule has 2 nitrogen and oxygen atoms in total. The molecule has 0 spiro atoms. The van der Waals surface area contributed by atoms with E-state index in [4.69, 9.17) is 4.74 Å². The van der Waals surface area contributed by atoms with Gasteiger partial charge in [0, 0.05) is 9.37 Å². The average Bonchev–Trinajstić information content (AvgIpc) is 2.28. The fraction of sp³-hybridized carbons (Fsp3) is 0.417. The molecule has 0 aliphatic rings. The quantitative estimate of drug-likeness (QED) is 0.610. The summed E-state index contributed by atoms with van der Waals surface area (Å²) >= 11 is 4.93. The van der Waals surface area contributed by atoms with Gasteiger partial charge >= 0.3 is 5.97 Å². The molecule has 1 aromatic carbocycles. The second kappa shape index (κ2) is 6.97. The second-order valence-electron chi connectivity index (χ2n) is 3.22. The Morgan fingerprint density at radius 1 is 1.38 bits per heavy atom. The first kappa shape index (κ1) is 13.6. The zero-order valence-electron chi connectivity index (χ0n) is 9.40. The van der Waals surface area contributed by atoms with Crippen LogP contribution in [0.5, 0.6) is 0 Å². The highest BCUT2D eigenvalue weighted by atomic mass is 79.9. The van der Waals surface area contributed by atoms with E-state index in [1.807, 2.05) is 38.1 Å². The Balaban J connectivity index is 2.62. The monoisotopic (exact) mass is 302 g/mol. The molecule has 0 fully saturated rings. The first-order valence-corrected chi connectivity index (χ1v) is 6.93. The number of ether oxygens (including phenoxy) is 1. The van der Waals surface area contributed by atoms with E-state index in [-0.39, 0.29) is 11.2 Å². The maximum atomic E-state index is 11.6. The predicted octanol–water partition coefficient (Wildman–Crippen LogP) is 3.88.